The minimum Gasteiger partial charge on any atom is -0.396 e. The van der Waals surface area contributed by atoms with Gasteiger partial charge < -0.3 is 5.11 Å². The number of rotatable bonds is 2. The summed E-state index contributed by atoms with van der Waals surface area (Å²) in [6.07, 6.45) is 5.20. The molecule has 0 aromatic heterocycles. The maximum atomic E-state index is 9.15. The average Bonchev–Trinajstić information content (AvgIpc) is 2.87. The van der Waals surface area contributed by atoms with Gasteiger partial charge in [-0.15, -0.1) is 0 Å². The molecule has 1 heterocycles. The first-order chi connectivity index (χ1) is 6.13. The van der Waals surface area contributed by atoms with Crippen molar-refractivity contribution in [3.63, 3.8) is 0 Å². The summed E-state index contributed by atoms with van der Waals surface area (Å²) in [5, 5.41) is 9.15. The second-order valence-corrected chi connectivity index (χ2v) is 5.28. The molecule has 2 nitrogen and oxygen atoms in total. The van der Waals surface area contributed by atoms with Crippen LogP contribution in [0.5, 0.6) is 0 Å². The van der Waals surface area contributed by atoms with Crippen molar-refractivity contribution in [1.29, 1.82) is 0 Å². The van der Waals surface area contributed by atoms with E-state index in [1.807, 2.05) is 0 Å². The summed E-state index contributed by atoms with van der Waals surface area (Å²) in [6, 6.07) is 0.837. The molecule has 0 spiro atoms. The third-order valence-corrected chi connectivity index (χ3v) is 3.64. The fraction of sp³-hybridized carbons (Fsp3) is 1.00. The van der Waals surface area contributed by atoms with Crippen LogP contribution in [-0.2, 0) is 0 Å². The lowest BCUT2D eigenvalue weighted by Crippen LogP contribution is -2.52. The number of hydrogen-bond acceptors (Lipinski definition) is 2. The maximum absolute atomic E-state index is 9.15. The summed E-state index contributed by atoms with van der Waals surface area (Å²) < 4.78 is 0. The Balaban J connectivity index is 2.01. The molecule has 0 aromatic rings. The number of likely N-dealkylation sites (tertiary alicyclic amines) is 1. The van der Waals surface area contributed by atoms with Crippen LogP contribution in [0.3, 0.4) is 0 Å². The lowest BCUT2D eigenvalue weighted by molar-refractivity contribution is 0.0196. The number of aliphatic hydroxyl groups excluding tert-OH is 1. The second-order valence-electron chi connectivity index (χ2n) is 5.28. The molecule has 1 atom stereocenters. The predicted octanol–water partition coefficient (Wildman–Crippen LogP) is 1.63. The Morgan fingerprint density at radius 1 is 1.31 bits per heavy atom. The summed E-state index contributed by atoms with van der Waals surface area (Å²) >= 11 is 0. The third-order valence-electron chi connectivity index (χ3n) is 3.64. The highest BCUT2D eigenvalue weighted by Crippen LogP contribution is 2.39. The van der Waals surface area contributed by atoms with E-state index < -0.39 is 0 Å². The Morgan fingerprint density at radius 3 is 2.54 bits per heavy atom. The average molecular weight is 183 g/mol. The van der Waals surface area contributed by atoms with Gasteiger partial charge in [-0.3, -0.25) is 4.90 Å². The Morgan fingerprint density at radius 2 is 2.00 bits per heavy atom. The van der Waals surface area contributed by atoms with Gasteiger partial charge in [0.15, 0.2) is 0 Å². The number of piperidine rings is 1. The lowest BCUT2D eigenvalue weighted by Gasteiger charge is -2.45. The quantitative estimate of drug-likeness (QED) is 0.703. The minimum absolute atomic E-state index is 0.374. The van der Waals surface area contributed by atoms with Gasteiger partial charge in [-0.05, 0) is 45.4 Å². The van der Waals surface area contributed by atoms with E-state index in [0.29, 0.717) is 18.1 Å². The molecule has 0 aromatic carbocycles. The number of nitrogens with zero attached hydrogens (tertiary/aromatic N) is 1. The fourth-order valence-corrected chi connectivity index (χ4v) is 2.50. The molecule has 1 saturated heterocycles. The summed E-state index contributed by atoms with van der Waals surface area (Å²) in [4.78, 5) is 2.62. The maximum Gasteiger partial charge on any atom is 0.0471 e. The van der Waals surface area contributed by atoms with Gasteiger partial charge in [0, 0.05) is 24.7 Å². The molecule has 2 rings (SSSR count). The van der Waals surface area contributed by atoms with Gasteiger partial charge >= 0.3 is 0 Å². The van der Waals surface area contributed by atoms with Crippen molar-refractivity contribution in [3.05, 3.63) is 0 Å². The Bertz CT molecular complexity index is 187. The van der Waals surface area contributed by atoms with Crippen molar-refractivity contribution in [1.82, 2.24) is 4.90 Å². The molecule has 1 unspecified atom stereocenters. The number of aliphatic hydroxyl groups is 1. The lowest BCUT2D eigenvalue weighted by atomic mass is 9.85. The van der Waals surface area contributed by atoms with E-state index in [-0.39, 0.29) is 0 Å². The Kier molecular flexibility index (Phi) is 2.37. The van der Waals surface area contributed by atoms with Crippen molar-refractivity contribution in [2.75, 3.05) is 13.2 Å². The van der Waals surface area contributed by atoms with E-state index in [4.69, 9.17) is 5.11 Å². The molecular formula is C11H21NO. The molecule has 1 aliphatic heterocycles. The summed E-state index contributed by atoms with van der Waals surface area (Å²) in [6.45, 7) is 6.19. The van der Waals surface area contributed by atoms with Crippen LogP contribution in [0.15, 0.2) is 0 Å². The zero-order valence-electron chi connectivity index (χ0n) is 8.79. The number of hydrogen-bond donors (Lipinski definition) is 1. The highest BCUT2D eigenvalue weighted by Gasteiger charge is 2.41. The molecule has 1 saturated carbocycles. The van der Waals surface area contributed by atoms with Gasteiger partial charge in [0.1, 0.15) is 0 Å². The zero-order valence-corrected chi connectivity index (χ0v) is 8.79. The molecule has 2 aliphatic rings. The summed E-state index contributed by atoms with van der Waals surface area (Å²) in [5.74, 6) is 0.536. The molecule has 0 amide bonds. The van der Waals surface area contributed by atoms with Crippen LogP contribution in [0, 0.1) is 5.92 Å². The van der Waals surface area contributed by atoms with Crippen LogP contribution in [0.25, 0.3) is 0 Å². The van der Waals surface area contributed by atoms with Gasteiger partial charge in [-0.1, -0.05) is 0 Å². The van der Waals surface area contributed by atoms with E-state index in [1.54, 1.807) is 0 Å². The molecule has 0 radical (unpaired) electrons. The van der Waals surface area contributed by atoms with E-state index in [0.717, 1.165) is 12.6 Å². The van der Waals surface area contributed by atoms with Crippen molar-refractivity contribution in [2.45, 2.75) is 51.1 Å². The highest BCUT2D eigenvalue weighted by atomic mass is 16.3. The standard InChI is InChI=1S/C11H21NO/c1-11(2)6-5-9(8-13)7-12(11)10-3-4-10/h9-10,13H,3-8H2,1-2H3. The molecule has 2 heteroatoms. The van der Waals surface area contributed by atoms with Gasteiger partial charge in [0.2, 0.25) is 0 Å². The van der Waals surface area contributed by atoms with Crippen molar-refractivity contribution < 1.29 is 5.11 Å². The van der Waals surface area contributed by atoms with Crippen LogP contribution in [0.4, 0.5) is 0 Å². The molecule has 1 N–H and O–H groups in total. The van der Waals surface area contributed by atoms with Gasteiger partial charge in [0.25, 0.3) is 0 Å². The van der Waals surface area contributed by atoms with E-state index >= 15 is 0 Å². The zero-order chi connectivity index (χ0) is 9.47. The summed E-state index contributed by atoms with van der Waals surface area (Å²) in [7, 11) is 0. The molecule has 0 bridgehead atoms. The minimum atomic E-state index is 0.374. The van der Waals surface area contributed by atoms with Crippen LogP contribution < -0.4 is 0 Å². The predicted molar refractivity (Wildman–Crippen MR) is 53.6 cm³/mol. The van der Waals surface area contributed by atoms with Crippen LogP contribution in [0.1, 0.15) is 39.5 Å². The van der Waals surface area contributed by atoms with Crippen LogP contribution >= 0.6 is 0 Å². The molecule has 1 aliphatic carbocycles. The van der Waals surface area contributed by atoms with Gasteiger partial charge in [-0.25, -0.2) is 0 Å². The second kappa shape index (κ2) is 3.25. The van der Waals surface area contributed by atoms with E-state index in [1.165, 1.54) is 25.7 Å². The van der Waals surface area contributed by atoms with Gasteiger partial charge in [0.05, 0.1) is 0 Å². The monoisotopic (exact) mass is 183 g/mol. The topological polar surface area (TPSA) is 23.5 Å². The first-order valence-corrected chi connectivity index (χ1v) is 5.51. The third kappa shape index (κ3) is 1.89. The van der Waals surface area contributed by atoms with E-state index in [2.05, 4.69) is 18.7 Å². The molecule has 2 fully saturated rings. The smallest absolute Gasteiger partial charge is 0.0471 e. The normalized spacial score (nSPS) is 34.8. The largest absolute Gasteiger partial charge is 0.396 e. The van der Waals surface area contributed by atoms with Crippen LogP contribution in [0.2, 0.25) is 0 Å². The first-order valence-electron chi connectivity index (χ1n) is 5.51. The fourth-order valence-electron chi connectivity index (χ4n) is 2.50. The molecular weight excluding hydrogens is 162 g/mol. The first kappa shape index (κ1) is 9.47. The van der Waals surface area contributed by atoms with Crippen LogP contribution in [-0.4, -0.2) is 34.7 Å². The molecule has 76 valence electrons. The highest BCUT2D eigenvalue weighted by molar-refractivity contribution is 4.97. The Hall–Kier alpha value is -0.0800. The van der Waals surface area contributed by atoms with Crippen molar-refractivity contribution >= 4 is 0 Å². The van der Waals surface area contributed by atoms with Gasteiger partial charge in [-0.2, -0.15) is 0 Å². The Labute approximate surface area is 80.9 Å². The van der Waals surface area contributed by atoms with Crippen molar-refractivity contribution in [3.8, 4) is 0 Å². The molecule has 13 heavy (non-hydrogen) atoms. The summed E-state index contributed by atoms with van der Waals surface area (Å²) in [5.41, 5.74) is 0.382. The van der Waals surface area contributed by atoms with E-state index in [9.17, 15) is 0 Å². The SMILES string of the molecule is CC1(C)CCC(CO)CN1C1CC1. The van der Waals surface area contributed by atoms with Crippen molar-refractivity contribution in [2.24, 2.45) is 5.92 Å².